The van der Waals surface area contributed by atoms with Crippen LogP contribution >= 0.6 is 24.4 Å². The van der Waals surface area contributed by atoms with E-state index in [9.17, 15) is 4.79 Å². The van der Waals surface area contributed by atoms with Gasteiger partial charge in [-0.3, -0.25) is 9.79 Å². The number of rotatable bonds is 10. The maximum Gasteiger partial charge on any atom is 0.220 e. The van der Waals surface area contributed by atoms with Crippen LogP contribution in [0.25, 0.3) is 0 Å². The molecular formula is C9H18N2O3S2. The number of aliphatic imine (C=N–C) groups is 1. The highest BCUT2D eigenvalue weighted by Gasteiger charge is 1.98. The molecule has 0 radical (unpaired) electrons. The van der Waals surface area contributed by atoms with Crippen LogP contribution in [0.5, 0.6) is 0 Å². The molecule has 1 amide bonds. The predicted molar refractivity (Wildman–Crippen MR) is 70.3 cm³/mol. The van der Waals surface area contributed by atoms with E-state index in [2.05, 4.69) is 27.7 Å². The second-order valence-electron chi connectivity index (χ2n) is 2.74. The fourth-order valence-electron chi connectivity index (χ4n) is 0.807. The van der Waals surface area contributed by atoms with Crippen molar-refractivity contribution in [1.29, 1.82) is 0 Å². The Morgan fingerprint density at radius 3 is 3.06 bits per heavy atom. The van der Waals surface area contributed by atoms with E-state index in [1.807, 2.05) is 0 Å². The first kappa shape index (κ1) is 15.6. The van der Waals surface area contributed by atoms with Gasteiger partial charge in [0.2, 0.25) is 5.91 Å². The highest BCUT2D eigenvalue weighted by Crippen LogP contribution is 2.01. The number of thioether (sulfide) groups is 1. The SMILES string of the molecule is O=C(CCSCC/N=C/OCO)NCCS. The number of aliphatic hydroxyl groups excluding tert-OH is 1. The molecule has 0 aliphatic rings. The molecule has 0 saturated carbocycles. The van der Waals surface area contributed by atoms with Crippen LogP contribution in [0.1, 0.15) is 6.42 Å². The van der Waals surface area contributed by atoms with Crippen LogP contribution in [-0.2, 0) is 9.53 Å². The maximum atomic E-state index is 11.1. The molecular weight excluding hydrogens is 248 g/mol. The number of thiol groups is 1. The van der Waals surface area contributed by atoms with E-state index >= 15 is 0 Å². The van der Waals surface area contributed by atoms with Gasteiger partial charge in [-0.15, -0.1) is 0 Å². The normalized spacial score (nSPS) is 10.6. The topological polar surface area (TPSA) is 70.9 Å². The molecule has 2 N–H and O–H groups in total. The minimum Gasteiger partial charge on any atom is -0.458 e. The predicted octanol–water partition coefficient (Wildman–Crippen LogP) is 0.150. The number of aliphatic hydroxyl groups is 1. The standard InChI is InChI=1S/C9H18N2O3S2/c12-8-14-7-10-3-6-16-5-1-9(13)11-2-4-15/h7,12,15H,1-6,8H2,(H,11,13)/b10-7+. The van der Waals surface area contributed by atoms with Gasteiger partial charge in [-0.05, 0) is 0 Å². The molecule has 0 fully saturated rings. The Balaban J connectivity index is 3.17. The van der Waals surface area contributed by atoms with Crippen LogP contribution in [0.15, 0.2) is 4.99 Å². The number of nitrogens with zero attached hydrogens (tertiary/aromatic N) is 1. The van der Waals surface area contributed by atoms with Crippen molar-refractivity contribution in [2.24, 2.45) is 4.99 Å². The molecule has 0 saturated heterocycles. The summed E-state index contributed by atoms with van der Waals surface area (Å²) >= 11 is 5.66. The van der Waals surface area contributed by atoms with Gasteiger partial charge in [0, 0.05) is 30.2 Å². The number of ether oxygens (including phenoxy) is 1. The molecule has 0 aliphatic heterocycles. The first-order chi connectivity index (χ1) is 7.81. The summed E-state index contributed by atoms with van der Waals surface area (Å²) in [5.74, 6) is 2.35. The summed E-state index contributed by atoms with van der Waals surface area (Å²) in [6.07, 6.45) is 1.76. The van der Waals surface area contributed by atoms with Crippen molar-refractivity contribution in [3.63, 3.8) is 0 Å². The molecule has 0 bridgehead atoms. The Hall–Kier alpha value is -0.400. The second kappa shape index (κ2) is 12.7. The van der Waals surface area contributed by atoms with E-state index in [1.54, 1.807) is 11.8 Å². The van der Waals surface area contributed by atoms with Crippen molar-refractivity contribution in [2.75, 3.05) is 37.1 Å². The summed E-state index contributed by atoms with van der Waals surface area (Å²) in [5, 5.41) is 11.0. The number of hydrogen-bond acceptors (Lipinski definition) is 6. The summed E-state index contributed by atoms with van der Waals surface area (Å²) in [7, 11) is 0. The highest BCUT2D eigenvalue weighted by atomic mass is 32.2. The van der Waals surface area contributed by atoms with E-state index in [1.165, 1.54) is 6.40 Å². The molecule has 0 aliphatic carbocycles. The molecule has 0 heterocycles. The highest BCUT2D eigenvalue weighted by molar-refractivity contribution is 7.99. The Bertz CT molecular complexity index is 203. The molecule has 7 heteroatoms. The van der Waals surface area contributed by atoms with Gasteiger partial charge in [-0.2, -0.15) is 24.4 Å². The van der Waals surface area contributed by atoms with Crippen LogP contribution in [-0.4, -0.2) is 54.6 Å². The fourth-order valence-corrected chi connectivity index (χ4v) is 1.69. The molecule has 0 atom stereocenters. The van der Waals surface area contributed by atoms with Gasteiger partial charge in [0.1, 0.15) is 0 Å². The van der Waals surface area contributed by atoms with Gasteiger partial charge in [0.15, 0.2) is 13.2 Å². The van der Waals surface area contributed by atoms with E-state index in [0.29, 0.717) is 25.3 Å². The Labute approximate surface area is 105 Å². The monoisotopic (exact) mass is 266 g/mol. The van der Waals surface area contributed by atoms with Gasteiger partial charge in [-0.1, -0.05) is 0 Å². The summed E-state index contributed by atoms with van der Waals surface area (Å²) in [4.78, 5) is 15.0. The Morgan fingerprint density at radius 1 is 1.56 bits per heavy atom. The Kier molecular flexibility index (Phi) is 12.4. The van der Waals surface area contributed by atoms with Gasteiger partial charge in [-0.25, -0.2) is 0 Å². The van der Waals surface area contributed by atoms with Crippen molar-refractivity contribution >= 4 is 36.7 Å². The number of hydrogen-bond donors (Lipinski definition) is 3. The van der Waals surface area contributed by atoms with Crippen molar-refractivity contribution < 1.29 is 14.6 Å². The molecule has 0 spiro atoms. The average Bonchev–Trinajstić information content (AvgIpc) is 2.30. The zero-order valence-corrected chi connectivity index (χ0v) is 10.8. The van der Waals surface area contributed by atoms with Crippen molar-refractivity contribution in [3.05, 3.63) is 0 Å². The van der Waals surface area contributed by atoms with Crippen LogP contribution in [0, 0.1) is 0 Å². The molecule has 0 aromatic heterocycles. The lowest BCUT2D eigenvalue weighted by molar-refractivity contribution is -0.120. The molecule has 5 nitrogen and oxygen atoms in total. The summed E-state index contributed by atoms with van der Waals surface area (Å²) in [6.45, 7) is 0.903. The second-order valence-corrected chi connectivity index (χ2v) is 4.42. The van der Waals surface area contributed by atoms with E-state index in [0.717, 1.165) is 11.5 Å². The third-order valence-electron chi connectivity index (χ3n) is 1.50. The van der Waals surface area contributed by atoms with Crippen LogP contribution in [0.4, 0.5) is 0 Å². The smallest absolute Gasteiger partial charge is 0.220 e. The van der Waals surface area contributed by atoms with Crippen LogP contribution in [0.2, 0.25) is 0 Å². The van der Waals surface area contributed by atoms with Gasteiger partial charge < -0.3 is 15.2 Å². The van der Waals surface area contributed by atoms with Crippen molar-refractivity contribution in [3.8, 4) is 0 Å². The summed E-state index contributed by atoms with van der Waals surface area (Å²) in [6, 6.07) is 0. The molecule has 94 valence electrons. The van der Waals surface area contributed by atoms with Gasteiger partial charge >= 0.3 is 0 Å². The molecule has 0 unspecified atom stereocenters. The van der Waals surface area contributed by atoms with Gasteiger partial charge in [0.05, 0.1) is 6.54 Å². The molecule has 16 heavy (non-hydrogen) atoms. The van der Waals surface area contributed by atoms with Crippen molar-refractivity contribution in [1.82, 2.24) is 5.32 Å². The first-order valence-electron chi connectivity index (χ1n) is 4.97. The molecule has 0 aromatic carbocycles. The number of amides is 1. The Morgan fingerprint density at radius 2 is 2.38 bits per heavy atom. The van der Waals surface area contributed by atoms with Crippen molar-refractivity contribution in [2.45, 2.75) is 6.42 Å². The number of carbonyl (C=O) groups is 1. The van der Waals surface area contributed by atoms with Gasteiger partial charge in [0.25, 0.3) is 0 Å². The van der Waals surface area contributed by atoms with E-state index < -0.39 is 0 Å². The summed E-state index contributed by atoms with van der Waals surface area (Å²) < 4.78 is 4.51. The van der Waals surface area contributed by atoms with Crippen LogP contribution < -0.4 is 5.32 Å². The third-order valence-corrected chi connectivity index (χ3v) is 2.68. The quantitative estimate of drug-likeness (QED) is 0.173. The van der Waals surface area contributed by atoms with E-state index in [4.69, 9.17) is 5.11 Å². The largest absolute Gasteiger partial charge is 0.458 e. The third kappa shape index (κ3) is 11.7. The lowest BCUT2D eigenvalue weighted by Gasteiger charge is -2.02. The first-order valence-corrected chi connectivity index (χ1v) is 6.76. The average molecular weight is 266 g/mol. The minimum absolute atomic E-state index is 0.0636. The number of nitrogens with one attached hydrogen (secondary N) is 1. The zero-order valence-electron chi connectivity index (χ0n) is 9.09. The maximum absolute atomic E-state index is 11.1. The number of carbonyl (C=O) groups excluding carboxylic acids is 1. The zero-order chi connectivity index (χ0) is 12.1. The fraction of sp³-hybridized carbons (Fsp3) is 0.778. The lowest BCUT2D eigenvalue weighted by Crippen LogP contribution is -2.25. The molecule has 0 rings (SSSR count). The molecule has 0 aromatic rings. The van der Waals surface area contributed by atoms with Crippen LogP contribution in [0.3, 0.4) is 0 Å². The lowest BCUT2D eigenvalue weighted by atomic mass is 10.4. The minimum atomic E-state index is -0.345. The summed E-state index contributed by atoms with van der Waals surface area (Å²) in [5.41, 5.74) is 0. The van der Waals surface area contributed by atoms with E-state index in [-0.39, 0.29) is 12.7 Å².